The summed E-state index contributed by atoms with van der Waals surface area (Å²) in [5, 5.41) is 17.5. The first-order valence-corrected chi connectivity index (χ1v) is 7.92. The monoisotopic (exact) mass is 336 g/mol. The highest BCUT2D eigenvalue weighted by Gasteiger charge is 2.14. The molecular weight excluding hydrogens is 324 g/mol. The second-order valence-corrected chi connectivity index (χ2v) is 5.91. The van der Waals surface area contributed by atoms with Crippen molar-refractivity contribution in [1.82, 2.24) is 9.78 Å². The maximum Gasteiger partial charge on any atom is 0.266 e. The molecule has 2 aromatic heterocycles. The molecule has 24 heavy (non-hydrogen) atoms. The standard InChI is InChI=1S/C17H12N4O2S/c1-11(22)13-8-15(24-10-13)17(23)20-16-6-7-19-21(16)14-4-2-12(9-18)3-5-14/h2-8,10H,1H3,(H,20,23). The van der Waals surface area contributed by atoms with Crippen LogP contribution in [0.5, 0.6) is 0 Å². The molecule has 0 radical (unpaired) electrons. The highest BCUT2D eigenvalue weighted by atomic mass is 32.1. The molecule has 1 amide bonds. The van der Waals surface area contributed by atoms with E-state index in [9.17, 15) is 9.59 Å². The summed E-state index contributed by atoms with van der Waals surface area (Å²) in [6.07, 6.45) is 1.57. The Morgan fingerprint density at radius 2 is 2.00 bits per heavy atom. The molecule has 0 aliphatic rings. The number of carbonyl (C=O) groups excluding carboxylic acids is 2. The van der Waals surface area contributed by atoms with Crippen molar-refractivity contribution in [3.63, 3.8) is 0 Å². The third kappa shape index (κ3) is 3.09. The highest BCUT2D eigenvalue weighted by Crippen LogP contribution is 2.19. The first-order chi connectivity index (χ1) is 11.6. The summed E-state index contributed by atoms with van der Waals surface area (Å²) in [5.74, 6) is 0.123. The molecule has 3 rings (SSSR count). The Morgan fingerprint density at radius 3 is 2.62 bits per heavy atom. The minimum atomic E-state index is -0.303. The van der Waals surface area contributed by atoms with Crippen LogP contribution in [-0.2, 0) is 0 Å². The van der Waals surface area contributed by atoms with Gasteiger partial charge in [-0.2, -0.15) is 10.4 Å². The number of anilines is 1. The van der Waals surface area contributed by atoms with Crippen molar-refractivity contribution in [3.05, 3.63) is 64.0 Å². The van der Waals surface area contributed by atoms with E-state index in [4.69, 9.17) is 5.26 Å². The number of nitrogens with one attached hydrogen (secondary N) is 1. The molecular formula is C17H12N4O2S. The molecule has 2 heterocycles. The number of benzene rings is 1. The van der Waals surface area contributed by atoms with Gasteiger partial charge in [0, 0.05) is 17.0 Å². The number of carbonyl (C=O) groups is 2. The number of ketones is 1. The Hall–Kier alpha value is -3.24. The fourth-order valence-corrected chi connectivity index (χ4v) is 2.94. The van der Waals surface area contributed by atoms with E-state index in [1.54, 1.807) is 52.7 Å². The fraction of sp³-hybridized carbons (Fsp3) is 0.0588. The molecule has 0 aliphatic heterocycles. The average molecular weight is 336 g/mol. The number of aromatic nitrogens is 2. The van der Waals surface area contributed by atoms with Gasteiger partial charge in [0.25, 0.3) is 5.91 Å². The smallest absolute Gasteiger partial charge is 0.266 e. The molecule has 7 heteroatoms. The number of nitrogens with zero attached hydrogens (tertiary/aromatic N) is 3. The second kappa shape index (κ2) is 6.48. The predicted octanol–water partition coefficient (Wildman–Crippen LogP) is 3.26. The van der Waals surface area contributed by atoms with Gasteiger partial charge in [-0.25, -0.2) is 4.68 Å². The highest BCUT2D eigenvalue weighted by molar-refractivity contribution is 7.12. The molecule has 3 aromatic rings. The van der Waals surface area contributed by atoms with Gasteiger partial charge in [0.05, 0.1) is 28.4 Å². The van der Waals surface area contributed by atoms with Gasteiger partial charge < -0.3 is 5.32 Å². The predicted molar refractivity (Wildman–Crippen MR) is 90.6 cm³/mol. The lowest BCUT2D eigenvalue weighted by molar-refractivity contribution is 0.101. The van der Waals surface area contributed by atoms with E-state index in [2.05, 4.69) is 16.5 Å². The number of Topliss-reactive ketones (excluding diaryl/α,β-unsaturated/α-hetero) is 1. The molecule has 0 saturated heterocycles. The molecule has 0 bridgehead atoms. The summed E-state index contributed by atoms with van der Waals surface area (Å²) < 4.78 is 1.57. The Kier molecular flexibility index (Phi) is 4.22. The number of hydrogen-bond donors (Lipinski definition) is 1. The van der Waals surface area contributed by atoms with Crippen LogP contribution in [0.1, 0.15) is 32.5 Å². The van der Waals surface area contributed by atoms with Gasteiger partial charge in [-0.15, -0.1) is 11.3 Å². The lowest BCUT2D eigenvalue weighted by Crippen LogP contribution is -2.14. The lowest BCUT2D eigenvalue weighted by Gasteiger charge is -2.08. The fourth-order valence-electron chi connectivity index (χ4n) is 2.10. The Morgan fingerprint density at radius 1 is 1.25 bits per heavy atom. The van der Waals surface area contributed by atoms with Gasteiger partial charge in [0.1, 0.15) is 5.82 Å². The summed E-state index contributed by atoms with van der Waals surface area (Å²) in [5.41, 5.74) is 1.79. The van der Waals surface area contributed by atoms with E-state index in [-0.39, 0.29) is 11.7 Å². The van der Waals surface area contributed by atoms with Crippen molar-refractivity contribution in [2.75, 3.05) is 5.32 Å². The van der Waals surface area contributed by atoms with E-state index in [1.807, 2.05) is 0 Å². The van der Waals surface area contributed by atoms with Crippen molar-refractivity contribution in [2.24, 2.45) is 0 Å². The minimum Gasteiger partial charge on any atom is -0.306 e. The molecule has 0 saturated carbocycles. The van der Waals surface area contributed by atoms with E-state index < -0.39 is 0 Å². The van der Waals surface area contributed by atoms with Gasteiger partial charge in [-0.05, 0) is 37.3 Å². The Balaban J connectivity index is 1.83. The van der Waals surface area contributed by atoms with Crippen molar-refractivity contribution in [3.8, 4) is 11.8 Å². The third-order valence-electron chi connectivity index (χ3n) is 3.36. The molecule has 1 aromatic carbocycles. The number of rotatable bonds is 4. The second-order valence-electron chi connectivity index (χ2n) is 5.00. The van der Waals surface area contributed by atoms with Crippen LogP contribution in [0.3, 0.4) is 0 Å². The van der Waals surface area contributed by atoms with E-state index in [0.717, 1.165) is 5.69 Å². The summed E-state index contributed by atoms with van der Waals surface area (Å²) in [6, 6.07) is 12.2. The number of nitriles is 1. The zero-order chi connectivity index (χ0) is 17.1. The molecule has 0 spiro atoms. The summed E-state index contributed by atoms with van der Waals surface area (Å²) in [6.45, 7) is 1.46. The quantitative estimate of drug-likeness (QED) is 0.741. The van der Waals surface area contributed by atoms with E-state index in [1.165, 1.54) is 18.3 Å². The number of thiophene rings is 1. The van der Waals surface area contributed by atoms with Gasteiger partial charge in [0.15, 0.2) is 5.78 Å². The molecule has 118 valence electrons. The van der Waals surface area contributed by atoms with Crippen LogP contribution in [0.2, 0.25) is 0 Å². The zero-order valence-electron chi connectivity index (χ0n) is 12.7. The maximum absolute atomic E-state index is 12.3. The SMILES string of the molecule is CC(=O)c1csc(C(=O)Nc2ccnn2-c2ccc(C#N)cc2)c1. The molecule has 0 fully saturated rings. The average Bonchev–Trinajstić information content (AvgIpc) is 3.24. The van der Waals surface area contributed by atoms with Crippen molar-refractivity contribution < 1.29 is 9.59 Å². The van der Waals surface area contributed by atoms with Crippen LogP contribution in [0.15, 0.2) is 48.0 Å². The van der Waals surface area contributed by atoms with Gasteiger partial charge >= 0.3 is 0 Å². The van der Waals surface area contributed by atoms with Crippen LogP contribution >= 0.6 is 11.3 Å². The number of hydrogen-bond acceptors (Lipinski definition) is 5. The molecule has 1 N–H and O–H groups in total. The summed E-state index contributed by atoms with van der Waals surface area (Å²) >= 11 is 1.22. The van der Waals surface area contributed by atoms with Crippen LogP contribution in [0.25, 0.3) is 5.69 Å². The lowest BCUT2D eigenvalue weighted by atomic mass is 10.2. The minimum absolute atomic E-state index is 0.0760. The summed E-state index contributed by atoms with van der Waals surface area (Å²) in [4.78, 5) is 24.1. The van der Waals surface area contributed by atoms with Crippen LogP contribution < -0.4 is 5.32 Å². The van der Waals surface area contributed by atoms with Crippen LogP contribution in [0.4, 0.5) is 5.82 Å². The van der Waals surface area contributed by atoms with Gasteiger partial charge in [0.2, 0.25) is 0 Å². The normalized spacial score (nSPS) is 10.2. The first-order valence-electron chi connectivity index (χ1n) is 7.04. The summed E-state index contributed by atoms with van der Waals surface area (Å²) in [7, 11) is 0. The molecule has 0 unspecified atom stereocenters. The third-order valence-corrected chi connectivity index (χ3v) is 4.28. The Labute approximate surface area is 142 Å². The zero-order valence-corrected chi connectivity index (χ0v) is 13.5. The van der Waals surface area contributed by atoms with E-state index >= 15 is 0 Å². The molecule has 6 nitrogen and oxygen atoms in total. The molecule has 0 aliphatic carbocycles. The Bertz CT molecular complexity index is 948. The molecule has 0 atom stereocenters. The first kappa shape index (κ1) is 15.6. The van der Waals surface area contributed by atoms with E-state index in [0.29, 0.717) is 21.8 Å². The van der Waals surface area contributed by atoms with Crippen molar-refractivity contribution in [1.29, 1.82) is 5.26 Å². The van der Waals surface area contributed by atoms with Crippen LogP contribution in [-0.4, -0.2) is 21.5 Å². The number of amides is 1. The maximum atomic E-state index is 12.3. The van der Waals surface area contributed by atoms with Gasteiger partial charge in [-0.1, -0.05) is 0 Å². The largest absolute Gasteiger partial charge is 0.306 e. The topological polar surface area (TPSA) is 87.8 Å². The van der Waals surface area contributed by atoms with Crippen LogP contribution in [0, 0.1) is 11.3 Å². The van der Waals surface area contributed by atoms with Crippen molar-refractivity contribution >= 4 is 28.8 Å². The van der Waals surface area contributed by atoms with Gasteiger partial charge in [-0.3, -0.25) is 9.59 Å². The van der Waals surface area contributed by atoms with Crippen molar-refractivity contribution in [2.45, 2.75) is 6.92 Å².